The van der Waals surface area contributed by atoms with Crippen LogP contribution in [0.3, 0.4) is 0 Å². The molecule has 0 atom stereocenters. The second kappa shape index (κ2) is 7.92. The third-order valence-corrected chi connectivity index (χ3v) is 5.80. The number of anilines is 2. The van der Waals surface area contributed by atoms with Gasteiger partial charge in [0, 0.05) is 17.6 Å². The molecule has 0 aliphatic carbocycles. The Labute approximate surface area is 178 Å². The van der Waals surface area contributed by atoms with Gasteiger partial charge >= 0.3 is 0 Å². The minimum atomic E-state index is -0.394. The van der Waals surface area contributed by atoms with Gasteiger partial charge in [-0.05, 0) is 41.5 Å². The minimum Gasteiger partial charge on any atom is -0.336 e. The molecule has 0 unspecified atom stereocenters. The third-order valence-electron chi connectivity index (χ3n) is 5.80. The normalized spacial score (nSPS) is 15.2. The maximum absolute atomic E-state index is 2.49. The molecule has 4 aromatic rings. The molecule has 0 radical (unpaired) electrons. The Kier molecular flexibility index (Phi) is 4.82. The summed E-state index contributed by atoms with van der Waals surface area (Å²) in [5, 5.41) is 0. The van der Waals surface area contributed by atoms with Crippen molar-refractivity contribution in [1.29, 1.82) is 0 Å². The Morgan fingerprint density at radius 3 is 1.43 bits per heavy atom. The van der Waals surface area contributed by atoms with Crippen LogP contribution in [0.1, 0.15) is 11.1 Å². The molecule has 2 heteroatoms. The average Bonchev–Trinajstić information content (AvgIpc) is 2.86. The van der Waals surface area contributed by atoms with Crippen molar-refractivity contribution in [1.82, 2.24) is 0 Å². The van der Waals surface area contributed by atoms with Crippen molar-refractivity contribution < 1.29 is 0 Å². The van der Waals surface area contributed by atoms with Crippen molar-refractivity contribution in [3.8, 4) is 0 Å². The van der Waals surface area contributed by atoms with Gasteiger partial charge in [0.1, 0.15) is 5.54 Å². The number of para-hydroxylation sites is 2. The molecule has 1 aliphatic heterocycles. The van der Waals surface area contributed by atoms with Crippen LogP contribution in [0.2, 0.25) is 0 Å². The van der Waals surface area contributed by atoms with E-state index < -0.39 is 5.54 Å². The molecular weight excluding hydrogens is 364 g/mol. The third kappa shape index (κ3) is 3.17. The number of rotatable bonds is 4. The van der Waals surface area contributed by atoms with E-state index in [0.29, 0.717) is 0 Å². The van der Waals surface area contributed by atoms with Crippen LogP contribution in [0.15, 0.2) is 134 Å². The van der Waals surface area contributed by atoms with Crippen LogP contribution in [0, 0.1) is 0 Å². The summed E-state index contributed by atoms with van der Waals surface area (Å²) in [7, 11) is 0. The van der Waals surface area contributed by atoms with E-state index in [0.717, 1.165) is 6.67 Å². The summed E-state index contributed by atoms with van der Waals surface area (Å²) in [6, 6.07) is 42.8. The largest absolute Gasteiger partial charge is 0.336 e. The standard InChI is InChI=1S/C28H24N2/c1-5-13-24(14-6-1)28(25-15-7-2-8-16-25)21-22-29(26-17-9-3-10-18-26)23-30(28)27-19-11-4-12-20-27/h1-22H,23H2. The van der Waals surface area contributed by atoms with Crippen LogP contribution in [-0.4, -0.2) is 6.67 Å². The topological polar surface area (TPSA) is 6.48 Å². The van der Waals surface area contributed by atoms with Crippen LogP contribution in [-0.2, 0) is 5.54 Å². The summed E-state index contributed by atoms with van der Waals surface area (Å²) in [5.41, 5.74) is 4.49. The lowest BCUT2D eigenvalue weighted by molar-refractivity contribution is 0.556. The summed E-state index contributed by atoms with van der Waals surface area (Å²) < 4.78 is 0. The fourth-order valence-corrected chi connectivity index (χ4v) is 4.33. The lowest BCUT2D eigenvalue weighted by atomic mass is 9.80. The van der Waals surface area contributed by atoms with Crippen molar-refractivity contribution in [3.05, 3.63) is 145 Å². The van der Waals surface area contributed by atoms with Crippen molar-refractivity contribution in [2.75, 3.05) is 16.5 Å². The van der Waals surface area contributed by atoms with Gasteiger partial charge in [0.15, 0.2) is 0 Å². The van der Waals surface area contributed by atoms with Gasteiger partial charge in [-0.25, -0.2) is 0 Å². The van der Waals surface area contributed by atoms with Crippen LogP contribution in [0.4, 0.5) is 11.4 Å². The summed E-state index contributed by atoms with van der Waals surface area (Å²) in [6.45, 7) is 0.744. The van der Waals surface area contributed by atoms with E-state index in [1.807, 2.05) is 0 Å². The first-order valence-electron chi connectivity index (χ1n) is 10.3. The highest BCUT2D eigenvalue weighted by Crippen LogP contribution is 2.43. The SMILES string of the molecule is C1=CC(c2ccccc2)(c2ccccc2)N(c2ccccc2)CN1c1ccccc1. The van der Waals surface area contributed by atoms with Crippen LogP contribution in [0.5, 0.6) is 0 Å². The number of hydrogen-bond donors (Lipinski definition) is 0. The van der Waals surface area contributed by atoms with E-state index in [-0.39, 0.29) is 0 Å². The molecule has 0 bridgehead atoms. The fourth-order valence-electron chi connectivity index (χ4n) is 4.33. The maximum atomic E-state index is 2.49. The zero-order valence-corrected chi connectivity index (χ0v) is 16.8. The van der Waals surface area contributed by atoms with E-state index in [4.69, 9.17) is 0 Å². The van der Waals surface area contributed by atoms with E-state index in [1.54, 1.807) is 0 Å². The van der Waals surface area contributed by atoms with Crippen LogP contribution >= 0.6 is 0 Å². The Balaban J connectivity index is 1.74. The Hall–Kier alpha value is -3.78. The van der Waals surface area contributed by atoms with Gasteiger partial charge in [0.05, 0.1) is 6.67 Å². The smallest absolute Gasteiger partial charge is 0.113 e. The predicted octanol–water partition coefficient (Wildman–Crippen LogP) is 6.43. The fraction of sp³-hybridized carbons (Fsp3) is 0.0714. The van der Waals surface area contributed by atoms with Gasteiger partial charge in [-0.3, -0.25) is 0 Å². The van der Waals surface area contributed by atoms with Gasteiger partial charge in [0.2, 0.25) is 0 Å². The van der Waals surface area contributed by atoms with Gasteiger partial charge in [-0.1, -0.05) is 97.1 Å². The predicted molar refractivity (Wildman–Crippen MR) is 126 cm³/mol. The van der Waals surface area contributed by atoms with Gasteiger partial charge in [-0.2, -0.15) is 0 Å². The maximum Gasteiger partial charge on any atom is 0.113 e. The molecule has 1 aliphatic rings. The lowest BCUT2D eigenvalue weighted by Gasteiger charge is -2.49. The van der Waals surface area contributed by atoms with Crippen molar-refractivity contribution >= 4 is 11.4 Å². The molecule has 4 aromatic carbocycles. The number of benzene rings is 4. The molecule has 5 rings (SSSR count). The van der Waals surface area contributed by atoms with E-state index >= 15 is 0 Å². The average molecular weight is 389 g/mol. The van der Waals surface area contributed by atoms with Gasteiger partial charge in [-0.15, -0.1) is 0 Å². The van der Waals surface area contributed by atoms with Crippen LogP contribution < -0.4 is 9.80 Å². The molecule has 0 N–H and O–H groups in total. The monoisotopic (exact) mass is 388 g/mol. The van der Waals surface area contributed by atoms with E-state index in [1.165, 1.54) is 22.5 Å². The summed E-state index contributed by atoms with van der Waals surface area (Å²) in [4.78, 5) is 4.79. The van der Waals surface area contributed by atoms with Gasteiger partial charge in [0.25, 0.3) is 0 Å². The second-order valence-corrected chi connectivity index (χ2v) is 7.52. The highest BCUT2D eigenvalue weighted by atomic mass is 15.4. The van der Waals surface area contributed by atoms with Crippen molar-refractivity contribution in [2.24, 2.45) is 0 Å². The van der Waals surface area contributed by atoms with Crippen molar-refractivity contribution in [3.63, 3.8) is 0 Å². The molecule has 0 spiro atoms. The first kappa shape index (κ1) is 18.3. The summed E-state index contributed by atoms with van der Waals surface area (Å²) >= 11 is 0. The highest BCUT2D eigenvalue weighted by molar-refractivity contribution is 5.64. The Morgan fingerprint density at radius 1 is 0.500 bits per heavy atom. The molecule has 1 heterocycles. The molecule has 0 saturated carbocycles. The molecule has 30 heavy (non-hydrogen) atoms. The number of hydrogen-bond acceptors (Lipinski definition) is 2. The first-order chi connectivity index (χ1) is 14.9. The molecule has 0 fully saturated rings. The quantitative estimate of drug-likeness (QED) is 0.397. The summed E-state index contributed by atoms with van der Waals surface area (Å²) in [6.07, 6.45) is 4.57. The highest BCUT2D eigenvalue weighted by Gasteiger charge is 2.41. The zero-order chi connectivity index (χ0) is 20.2. The Morgan fingerprint density at radius 2 is 0.933 bits per heavy atom. The Bertz CT molecular complexity index is 1070. The molecular formula is C28H24N2. The van der Waals surface area contributed by atoms with Crippen molar-refractivity contribution in [2.45, 2.75) is 5.54 Å². The van der Waals surface area contributed by atoms with E-state index in [2.05, 4.69) is 143 Å². The molecule has 2 nitrogen and oxygen atoms in total. The molecule has 0 aromatic heterocycles. The number of nitrogens with zero attached hydrogens (tertiary/aromatic N) is 2. The van der Waals surface area contributed by atoms with Crippen LogP contribution in [0.25, 0.3) is 0 Å². The summed E-state index contributed by atoms with van der Waals surface area (Å²) in [5.74, 6) is 0. The second-order valence-electron chi connectivity index (χ2n) is 7.52. The lowest BCUT2D eigenvalue weighted by Crippen LogP contribution is -2.53. The van der Waals surface area contributed by atoms with Gasteiger partial charge < -0.3 is 9.80 Å². The van der Waals surface area contributed by atoms with E-state index in [9.17, 15) is 0 Å². The minimum absolute atomic E-state index is 0.394. The molecule has 0 amide bonds. The zero-order valence-electron chi connectivity index (χ0n) is 16.8. The molecule has 146 valence electrons. The molecule has 0 saturated heterocycles. The first-order valence-corrected chi connectivity index (χ1v) is 10.3.